The molecule has 0 heterocycles. The Bertz CT molecular complexity index is 1100. The van der Waals surface area contributed by atoms with E-state index in [-0.39, 0.29) is 29.4 Å². The van der Waals surface area contributed by atoms with Crippen LogP contribution in [0.4, 0.5) is 0 Å². The minimum absolute atomic E-state index is 0.0421. The van der Waals surface area contributed by atoms with Crippen molar-refractivity contribution in [1.82, 2.24) is 0 Å². The third-order valence-electron chi connectivity index (χ3n) is 3.99. The largest absolute Gasteiger partial charge is 0.584 e. The average Bonchev–Trinajstić information content (AvgIpc) is 2.78. The number of para-hydroxylation sites is 1. The molecule has 0 aliphatic carbocycles. The molecule has 3 aromatic carbocycles. The van der Waals surface area contributed by atoms with Gasteiger partial charge in [0, 0.05) is 5.56 Å². The first-order valence-corrected chi connectivity index (χ1v) is 10.6. The molecule has 1 unspecified atom stereocenters. The fraction of sp³-hybridized carbons (Fsp3) is 0.0909. The zero-order valence-corrected chi connectivity index (χ0v) is 17.4. The van der Waals surface area contributed by atoms with E-state index in [4.69, 9.17) is 13.8 Å². The van der Waals surface area contributed by atoms with E-state index >= 15 is 0 Å². The van der Waals surface area contributed by atoms with Gasteiger partial charge in [-0.05, 0) is 30.3 Å². The van der Waals surface area contributed by atoms with Crippen LogP contribution in [0.15, 0.2) is 78.9 Å². The lowest BCUT2D eigenvalue weighted by atomic mass is 10.0. The van der Waals surface area contributed by atoms with Crippen LogP contribution in [-0.2, 0) is 14.1 Å². The number of phosphoric ester groups is 1. The van der Waals surface area contributed by atoms with E-state index in [2.05, 4.69) is 4.74 Å². The standard InChI is InChI=1S/C22H19O8P/c1-27-21(23)15-28-18-12-13-20(19(14-18)22(24)16-8-4-2-5-9-16)30-31(25,26)29-17-10-6-3-7-11-17/h2-14H,15H2,1H3,(H,25,26). The molecule has 1 atom stereocenters. The van der Waals surface area contributed by atoms with Crippen molar-refractivity contribution in [2.45, 2.75) is 0 Å². The van der Waals surface area contributed by atoms with E-state index in [1.54, 1.807) is 48.5 Å². The van der Waals surface area contributed by atoms with E-state index in [9.17, 15) is 19.0 Å². The third kappa shape index (κ3) is 6.18. The van der Waals surface area contributed by atoms with Crippen molar-refractivity contribution in [2.24, 2.45) is 0 Å². The molecule has 3 rings (SSSR count). The predicted octanol–water partition coefficient (Wildman–Crippen LogP) is 4.03. The van der Waals surface area contributed by atoms with E-state index in [0.717, 1.165) is 0 Å². The first-order valence-electron chi connectivity index (χ1n) is 9.08. The van der Waals surface area contributed by atoms with Crippen molar-refractivity contribution < 1.29 is 37.6 Å². The molecule has 0 aromatic heterocycles. The van der Waals surface area contributed by atoms with Crippen molar-refractivity contribution in [3.63, 3.8) is 0 Å². The van der Waals surface area contributed by atoms with Crippen molar-refractivity contribution >= 4 is 19.6 Å². The summed E-state index contributed by atoms with van der Waals surface area (Å²) in [6.07, 6.45) is 0. The van der Waals surface area contributed by atoms with Crippen LogP contribution in [0, 0.1) is 0 Å². The second-order valence-electron chi connectivity index (χ2n) is 6.18. The Balaban J connectivity index is 1.91. The van der Waals surface area contributed by atoms with E-state index in [0.29, 0.717) is 5.56 Å². The number of esters is 1. The van der Waals surface area contributed by atoms with Crippen molar-refractivity contribution in [3.05, 3.63) is 90.0 Å². The molecule has 0 spiro atoms. The Labute approximate surface area is 178 Å². The van der Waals surface area contributed by atoms with Gasteiger partial charge in [-0.2, -0.15) is 0 Å². The second-order valence-corrected chi connectivity index (χ2v) is 7.48. The van der Waals surface area contributed by atoms with Gasteiger partial charge in [0.15, 0.2) is 12.4 Å². The van der Waals surface area contributed by atoms with Gasteiger partial charge >= 0.3 is 13.8 Å². The Morgan fingerprint density at radius 1 is 0.871 bits per heavy atom. The first-order chi connectivity index (χ1) is 14.9. The highest BCUT2D eigenvalue weighted by Gasteiger charge is 2.28. The van der Waals surface area contributed by atoms with Gasteiger partial charge in [-0.1, -0.05) is 48.5 Å². The molecule has 3 aromatic rings. The number of carbonyl (C=O) groups is 2. The lowest BCUT2D eigenvalue weighted by molar-refractivity contribution is -0.142. The first kappa shape index (κ1) is 22.1. The van der Waals surface area contributed by atoms with E-state index < -0.39 is 19.6 Å². The average molecular weight is 442 g/mol. The summed E-state index contributed by atoms with van der Waals surface area (Å²) in [4.78, 5) is 34.5. The van der Waals surface area contributed by atoms with Gasteiger partial charge in [-0.15, -0.1) is 0 Å². The topological polar surface area (TPSA) is 108 Å². The van der Waals surface area contributed by atoms with Gasteiger partial charge in [0.2, 0.25) is 0 Å². The second kappa shape index (κ2) is 9.93. The van der Waals surface area contributed by atoms with Gasteiger partial charge in [0.05, 0.1) is 12.7 Å². The number of benzene rings is 3. The fourth-order valence-corrected chi connectivity index (χ4v) is 3.39. The highest BCUT2D eigenvalue weighted by atomic mass is 31.2. The number of carbonyl (C=O) groups excluding carboxylic acids is 2. The van der Waals surface area contributed by atoms with Crippen molar-refractivity contribution in [2.75, 3.05) is 13.7 Å². The smallest absolute Gasteiger partial charge is 0.482 e. The van der Waals surface area contributed by atoms with Crippen LogP contribution < -0.4 is 13.8 Å². The normalized spacial score (nSPS) is 12.3. The van der Waals surface area contributed by atoms with Crippen LogP contribution in [0.1, 0.15) is 15.9 Å². The Kier molecular flexibility index (Phi) is 7.07. The number of hydrogen-bond acceptors (Lipinski definition) is 7. The molecule has 31 heavy (non-hydrogen) atoms. The maximum Gasteiger partial charge on any atom is 0.584 e. The van der Waals surface area contributed by atoms with Crippen molar-refractivity contribution in [3.8, 4) is 17.2 Å². The third-order valence-corrected chi connectivity index (χ3v) is 4.86. The predicted molar refractivity (Wildman–Crippen MR) is 111 cm³/mol. The van der Waals surface area contributed by atoms with Crippen LogP contribution >= 0.6 is 7.82 Å². The molecular weight excluding hydrogens is 423 g/mol. The Morgan fingerprint density at radius 2 is 1.52 bits per heavy atom. The number of phosphoric acid groups is 1. The summed E-state index contributed by atoms with van der Waals surface area (Å²) in [6, 6.07) is 20.3. The molecule has 0 saturated carbocycles. The molecule has 8 nitrogen and oxygen atoms in total. The molecule has 1 N–H and O–H groups in total. The molecule has 0 amide bonds. The zero-order chi connectivity index (χ0) is 22.3. The van der Waals surface area contributed by atoms with Gasteiger partial charge in [0.25, 0.3) is 0 Å². The highest BCUT2D eigenvalue weighted by molar-refractivity contribution is 7.48. The number of methoxy groups -OCH3 is 1. The summed E-state index contributed by atoms with van der Waals surface area (Å²) < 4.78 is 32.6. The van der Waals surface area contributed by atoms with E-state index in [1.807, 2.05) is 0 Å². The van der Waals surface area contributed by atoms with Gasteiger partial charge in [-0.25, -0.2) is 9.36 Å². The highest BCUT2D eigenvalue weighted by Crippen LogP contribution is 2.46. The maximum atomic E-state index is 13.0. The van der Waals surface area contributed by atoms with Crippen LogP contribution in [-0.4, -0.2) is 30.4 Å². The number of rotatable bonds is 9. The van der Waals surface area contributed by atoms with Crippen LogP contribution in [0.2, 0.25) is 0 Å². The molecule has 0 saturated heterocycles. The fourth-order valence-electron chi connectivity index (χ4n) is 2.56. The van der Waals surface area contributed by atoms with Crippen LogP contribution in [0.5, 0.6) is 17.2 Å². The summed E-state index contributed by atoms with van der Waals surface area (Å²) in [5.74, 6) is -0.955. The van der Waals surface area contributed by atoms with Crippen LogP contribution in [0.25, 0.3) is 0 Å². The molecule has 0 fully saturated rings. The summed E-state index contributed by atoms with van der Waals surface area (Å²) in [7, 11) is -3.39. The van der Waals surface area contributed by atoms with Crippen molar-refractivity contribution in [1.29, 1.82) is 0 Å². The summed E-state index contributed by atoms with van der Waals surface area (Å²) in [5.41, 5.74) is 0.286. The number of ketones is 1. The lowest BCUT2D eigenvalue weighted by Gasteiger charge is -2.17. The minimum Gasteiger partial charge on any atom is -0.482 e. The summed E-state index contributed by atoms with van der Waals surface area (Å²) >= 11 is 0. The Morgan fingerprint density at radius 3 is 2.16 bits per heavy atom. The minimum atomic E-state index is -4.61. The summed E-state index contributed by atoms with van der Waals surface area (Å²) in [5, 5.41) is 0. The molecule has 160 valence electrons. The van der Waals surface area contributed by atoms with Crippen LogP contribution in [0.3, 0.4) is 0 Å². The van der Waals surface area contributed by atoms with Gasteiger partial charge < -0.3 is 18.5 Å². The maximum absolute atomic E-state index is 13.0. The molecule has 0 aliphatic heterocycles. The molecule has 9 heteroatoms. The monoisotopic (exact) mass is 442 g/mol. The molecule has 0 aliphatic rings. The molecule has 0 radical (unpaired) electrons. The molecule has 0 bridgehead atoms. The SMILES string of the molecule is COC(=O)COc1ccc(OP(=O)(O)Oc2ccccc2)c(C(=O)c2ccccc2)c1. The van der Waals surface area contributed by atoms with Gasteiger partial charge in [0.1, 0.15) is 17.2 Å². The van der Waals surface area contributed by atoms with E-state index in [1.165, 1.54) is 37.4 Å². The summed E-state index contributed by atoms with van der Waals surface area (Å²) in [6.45, 7) is -0.370. The zero-order valence-electron chi connectivity index (χ0n) is 16.5. The van der Waals surface area contributed by atoms with Gasteiger partial charge in [-0.3, -0.25) is 9.69 Å². The lowest BCUT2D eigenvalue weighted by Crippen LogP contribution is -2.13. The molecular formula is C22H19O8P. The number of hydrogen-bond donors (Lipinski definition) is 1. The number of ether oxygens (including phenoxy) is 2. The Hall–Kier alpha value is -3.61. The quantitative estimate of drug-likeness (QED) is 0.301.